The highest BCUT2D eigenvalue weighted by molar-refractivity contribution is 5.90. The molecule has 0 spiro atoms. The summed E-state index contributed by atoms with van der Waals surface area (Å²) in [5.41, 5.74) is 0.841. The number of esters is 5. The van der Waals surface area contributed by atoms with Crippen molar-refractivity contribution >= 4 is 29.8 Å². The molecular weight excluding hydrogens is 700 g/mol. The van der Waals surface area contributed by atoms with Crippen LogP contribution in [0.3, 0.4) is 0 Å². The number of carbonyl (C=O) groups is 5. The Kier molecular flexibility index (Phi) is 29.3. The van der Waals surface area contributed by atoms with Gasteiger partial charge in [-0.3, -0.25) is 19.2 Å². The first kappa shape index (κ1) is 50.1. The lowest BCUT2D eigenvalue weighted by Gasteiger charge is -2.28. The third kappa shape index (κ3) is 27.4. The van der Waals surface area contributed by atoms with Crippen molar-refractivity contribution in [2.24, 2.45) is 0 Å². The van der Waals surface area contributed by atoms with Gasteiger partial charge in [-0.25, -0.2) is 4.79 Å². The molecule has 0 bridgehead atoms. The lowest BCUT2D eigenvalue weighted by Crippen LogP contribution is -2.35. The van der Waals surface area contributed by atoms with Gasteiger partial charge in [0.25, 0.3) is 0 Å². The average Bonchev–Trinajstić information content (AvgIpc) is 3.44. The van der Waals surface area contributed by atoms with E-state index in [-0.39, 0.29) is 12.1 Å². The molecule has 0 aromatic rings. The molecule has 0 aliphatic carbocycles. The fourth-order valence-electron chi connectivity index (χ4n) is 7.55. The second-order valence-corrected chi connectivity index (χ2v) is 15.7. The molecule has 10 heteroatoms. The zero-order valence-electron chi connectivity index (χ0n) is 35.6. The van der Waals surface area contributed by atoms with Gasteiger partial charge in [0.2, 0.25) is 0 Å². The van der Waals surface area contributed by atoms with Crippen LogP contribution in [0, 0.1) is 0 Å². The monoisotopic (exact) mass is 779 g/mol. The van der Waals surface area contributed by atoms with Crippen molar-refractivity contribution in [3.8, 4) is 0 Å². The third-order valence-corrected chi connectivity index (χ3v) is 10.3. The van der Waals surface area contributed by atoms with Gasteiger partial charge in [-0.1, -0.05) is 116 Å². The van der Waals surface area contributed by atoms with Crippen molar-refractivity contribution in [3.63, 3.8) is 0 Å². The van der Waals surface area contributed by atoms with Crippen molar-refractivity contribution in [2.45, 2.75) is 245 Å². The summed E-state index contributed by atoms with van der Waals surface area (Å²) < 4.78 is 27.9. The lowest BCUT2D eigenvalue weighted by atomic mass is 9.96. The van der Waals surface area contributed by atoms with Gasteiger partial charge in [0.05, 0.1) is 0 Å². The number of ether oxygens (including phenoxy) is 5. The Bertz CT molecular complexity index is 1100. The molecule has 1 aliphatic rings. The van der Waals surface area contributed by atoms with E-state index in [1.54, 1.807) is 0 Å². The van der Waals surface area contributed by atoms with Crippen LogP contribution in [0.15, 0.2) is 11.6 Å². The highest BCUT2D eigenvalue weighted by Crippen LogP contribution is 2.24. The fraction of sp³-hybridized carbons (Fsp3) is 0.844. The maximum atomic E-state index is 12.1. The molecule has 0 saturated carbocycles. The molecular formula is C45H78O10. The first-order valence-electron chi connectivity index (χ1n) is 22.0. The molecule has 1 rings (SSSR count). The normalized spacial score (nSPS) is 16.1. The minimum Gasteiger partial charge on any atom is -0.459 e. The van der Waals surface area contributed by atoms with E-state index in [2.05, 4.69) is 6.92 Å². The molecule has 55 heavy (non-hydrogen) atoms. The van der Waals surface area contributed by atoms with E-state index in [0.29, 0.717) is 38.5 Å². The van der Waals surface area contributed by atoms with Crippen LogP contribution in [-0.4, -0.2) is 60.4 Å². The first-order chi connectivity index (χ1) is 26.4. The summed E-state index contributed by atoms with van der Waals surface area (Å²) in [6.07, 6.45) is 27.2. The van der Waals surface area contributed by atoms with Gasteiger partial charge in [0, 0.05) is 33.3 Å². The molecule has 0 amide bonds. The predicted molar refractivity (Wildman–Crippen MR) is 216 cm³/mol. The fourth-order valence-corrected chi connectivity index (χ4v) is 7.55. The average molecular weight is 779 g/mol. The summed E-state index contributed by atoms with van der Waals surface area (Å²) in [6.45, 7) is 9.63. The number of hydrogen-bond acceptors (Lipinski definition) is 10. The van der Waals surface area contributed by atoms with E-state index in [1.165, 1.54) is 105 Å². The zero-order chi connectivity index (χ0) is 40.7. The Labute approximate surface area is 333 Å². The predicted octanol–water partition coefficient (Wildman–Crippen LogP) is 11.1. The summed E-state index contributed by atoms with van der Waals surface area (Å²) in [4.78, 5) is 59.8. The first-order valence-corrected chi connectivity index (χ1v) is 22.0. The summed E-state index contributed by atoms with van der Waals surface area (Å²) in [5, 5.41) is 0. The van der Waals surface area contributed by atoms with Gasteiger partial charge < -0.3 is 23.7 Å². The summed E-state index contributed by atoms with van der Waals surface area (Å²) in [6, 6.07) is 0. The van der Waals surface area contributed by atoms with E-state index in [0.717, 1.165) is 63.4 Å². The standard InChI is InChI=1S/C45H78O10/c1-7-8-9-10-11-19-22-25-30-41(52-36(3)46)43(54-38(5)48)32-27-28-33-44(55-39(6)49)42(53-37(4)47)31-26-23-20-17-15-13-12-14-16-18-21-24-29-40-34-35(2)51-45(40)50/h34-35,41-44H,7-33H2,1-6H3/t35-,41?,42?,43?,44?/m0/s1. The van der Waals surface area contributed by atoms with Gasteiger partial charge in [-0.05, 0) is 77.2 Å². The van der Waals surface area contributed by atoms with E-state index in [4.69, 9.17) is 23.7 Å². The minimum atomic E-state index is -0.560. The Balaban J connectivity index is 2.44. The van der Waals surface area contributed by atoms with Crippen LogP contribution in [0.2, 0.25) is 0 Å². The summed E-state index contributed by atoms with van der Waals surface area (Å²) in [7, 11) is 0. The highest BCUT2D eigenvalue weighted by Gasteiger charge is 2.29. The van der Waals surface area contributed by atoms with Gasteiger partial charge >= 0.3 is 29.8 Å². The second kappa shape index (κ2) is 32.2. The van der Waals surface area contributed by atoms with Gasteiger partial charge in [0.15, 0.2) is 0 Å². The van der Waals surface area contributed by atoms with Crippen molar-refractivity contribution in [1.82, 2.24) is 0 Å². The number of carbonyl (C=O) groups excluding carboxylic acids is 5. The molecule has 0 N–H and O–H groups in total. The molecule has 10 nitrogen and oxygen atoms in total. The minimum absolute atomic E-state index is 0.0762. The van der Waals surface area contributed by atoms with E-state index in [1.807, 2.05) is 13.0 Å². The van der Waals surface area contributed by atoms with E-state index >= 15 is 0 Å². The van der Waals surface area contributed by atoms with Crippen molar-refractivity contribution in [1.29, 1.82) is 0 Å². The second-order valence-electron chi connectivity index (χ2n) is 15.7. The molecule has 1 heterocycles. The molecule has 0 fully saturated rings. The van der Waals surface area contributed by atoms with Crippen LogP contribution in [0.1, 0.15) is 215 Å². The number of hydrogen-bond donors (Lipinski definition) is 0. The zero-order valence-corrected chi connectivity index (χ0v) is 35.6. The number of unbranched alkanes of at least 4 members (excludes halogenated alkanes) is 19. The molecule has 0 aromatic carbocycles. The van der Waals surface area contributed by atoms with Crippen LogP contribution in [0.5, 0.6) is 0 Å². The maximum absolute atomic E-state index is 12.1. The quantitative estimate of drug-likeness (QED) is 0.0348. The van der Waals surface area contributed by atoms with Crippen LogP contribution < -0.4 is 0 Å². The lowest BCUT2D eigenvalue weighted by molar-refractivity contribution is -0.167. The van der Waals surface area contributed by atoms with Gasteiger partial charge in [-0.2, -0.15) is 0 Å². The molecule has 1 aliphatic heterocycles. The largest absolute Gasteiger partial charge is 0.459 e. The molecule has 0 aromatic heterocycles. The number of rotatable bonds is 35. The van der Waals surface area contributed by atoms with Crippen LogP contribution in [0.25, 0.3) is 0 Å². The SMILES string of the molecule is CCCCCCCCCCC(OC(C)=O)C(CCCCC(OC(C)=O)C(CCCCCCCCCCCCCCC1=C[C@H](C)OC1=O)OC(C)=O)OC(C)=O. The van der Waals surface area contributed by atoms with Crippen LogP contribution in [0.4, 0.5) is 0 Å². The van der Waals surface area contributed by atoms with Crippen molar-refractivity contribution in [3.05, 3.63) is 11.6 Å². The Morgan fingerprint density at radius 1 is 0.491 bits per heavy atom. The molecule has 318 valence electrons. The smallest absolute Gasteiger partial charge is 0.334 e. The highest BCUT2D eigenvalue weighted by atomic mass is 16.6. The van der Waals surface area contributed by atoms with Crippen molar-refractivity contribution in [2.75, 3.05) is 0 Å². The molecule has 0 radical (unpaired) electrons. The third-order valence-electron chi connectivity index (χ3n) is 10.3. The Morgan fingerprint density at radius 2 is 0.764 bits per heavy atom. The van der Waals surface area contributed by atoms with Crippen LogP contribution >= 0.6 is 0 Å². The van der Waals surface area contributed by atoms with E-state index < -0.39 is 48.3 Å². The topological polar surface area (TPSA) is 132 Å². The maximum Gasteiger partial charge on any atom is 0.334 e. The van der Waals surface area contributed by atoms with Gasteiger partial charge in [-0.15, -0.1) is 0 Å². The molecule has 5 atom stereocenters. The molecule has 0 saturated heterocycles. The van der Waals surface area contributed by atoms with Crippen molar-refractivity contribution < 1.29 is 47.7 Å². The van der Waals surface area contributed by atoms with Crippen LogP contribution in [-0.2, 0) is 47.7 Å². The Hall–Kier alpha value is -2.91. The summed E-state index contributed by atoms with van der Waals surface area (Å²) >= 11 is 0. The Morgan fingerprint density at radius 3 is 1.04 bits per heavy atom. The summed E-state index contributed by atoms with van der Waals surface area (Å²) in [5.74, 6) is -1.75. The molecule has 4 unspecified atom stereocenters. The van der Waals surface area contributed by atoms with Gasteiger partial charge in [0.1, 0.15) is 30.5 Å². The number of cyclic esters (lactones) is 1. The van der Waals surface area contributed by atoms with E-state index in [9.17, 15) is 24.0 Å².